The molecule has 0 bridgehead atoms. The first kappa shape index (κ1) is 14.8. The van der Waals surface area contributed by atoms with Gasteiger partial charge in [-0.1, -0.05) is 12.1 Å². The van der Waals surface area contributed by atoms with Crippen molar-refractivity contribution in [3.8, 4) is 17.2 Å². The van der Waals surface area contributed by atoms with E-state index in [2.05, 4.69) is 10.1 Å². The number of nitrogen functional groups attached to an aromatic ring is 1. The van der Waals surface area contributed by atoms with Crippen molar-refractivity contribution in [1.29, 1.82) is 0 Å². The number of nitrogens with zero attached hydrogens (tertiary/aromatic N) is 4. The normalized spacial score (nSPS) is 12.8. The number of fused-ring (bicyclic) bond motifs is 4. The Morgan fingerprint density at radius 2 is 2.04 bits per heavy atom. The molecule has 2 N–H and O–H groups in total. The summed E-state index contributed by atoms with van der Waals surface area (Å²) in [5.74, 6) is 3.09. The number of methoxy groups -OCH3 is 1. The fraction of sp³-hybridized carbons (Fsp3) is 0.167. The van der Waals surface area contributed by atoms with Crippen LogP contribution in [-0.2, 0) is 6.42 Å². The molecule has 0 spiro atoms. The molecule has 0 radical (unpaired) electrons. The third-order valence-electron chi connectivity index (χ3n) is 4.36. The second-order valence-electron chi connectivity index (χ2n) is 5.95. The van der Waals surface area contributed by atoms with Gasteiger partial charge in [0, 0.05) is 6.42 Å². The summed E-state index contributed by atoms with van der Waals surface area (Å²) < 4.78 is 18.0. The molecule has 0 saturated carbocycles. The molecule has 0 amide bonds. The summed E-state index contributed by atoms with van der Waals surface area (Å²) in [5, 5.41) is 5.10. The molecule has 5 rings (SSSR count). The van der Waals surface area contributed by atoms with E-state index >= 15 is 0 Å². The van der Waals surface area contributed by atoms with Gasteiger partial charge in [0.1, 0.15) is 11.6 Å². The Balaban J connectivity index is 1.69. The SMILES string of the molecule is COc1cccc2nc(Cc3ccc4c(c3)OCO4)n3nc(N)nc3c12. The zero-order chi connectivity index (χ0) is 17.7. The third kappa shape index (κ3) is 2.19. The maximum Gasteiger partial charge on any atom is 0.240 e. The van der Waals surface area contributed by atoms with Crippen LogP contribution < -0.4 is 19.9 Å². The van der Waals surface area contributed by atoms with E-state index in [1.165, 1.54) is 0 Å². The predicted octanol–water partition coefficient (Wildman–Crippen LogP) is 2.19. The van der Waals surface area contributed by atoms with Crippen LogP contribution in [0.15, 0.2) is 36.4 Å². The maximum atomic E-state index is 5.86. The van der Waals surface area contributed by atoms with Crippen molar-refractivity contribution < 1.29 is 14.2 Å². The van der Waals surface area contributed by atoms with Crippen molar-refractivity contribution in [2.45, 2.75) is 6.42 Å². The summed E-state index contributed by atoms with van der Waals surface area (Å²) in [6.45, 7) is 0.247. The van der Waals surface area contributed by atoms with Crippen molar-refractivity contribution >= 4 is 22.5 Å². The van der Waals surface area contributed by atoms with Gasteiger partial charge >= 0.3 is 0 Å². The minimum absolute atomic E-state index is 0.192. The summed E-state index contributed by atoms with van der Waals surface area (Å²) in [5.41, 5.74) is 8.29. The van der Waals surface area contributed by atoms with E-state index in [9.17, 15) is 0 Å². The van der Waals surface area contributed by atoms with Crippen LogP contribution in [0.25, 0.3) is 16.6 Å². The highest BCUT2D eigenvalue weighted by Crippen LogP contribution is 2.34. The van der Waals surface area contributed by atoms with Crippen LogP contribution in [0.2, 0.25) is 0 Å². The van der Waals surface area contributed by atoms with Gasteiger partial charge < -0.3 is 19.9 Å². The Bertz CT molecular complexity index is 1150. The van der Waals surface area contributed by atoms with E-state index in [1.807, 2.05) is 36.4 Å². The van der Waals surface area contributed by atoms with Crippen LogP contribution in [0.1, 0.15) is 11.4 Å². The van der Waals surface area contributed by atoms with Crippen molar-refractivity contribution in [2.24, 2.45) is 0 Å². The van der Waals surface area contributed by atoms with E-state index in [1.54, 1.807) is 11.6 Å². The summed E-state index contributed by atoms with van der Waals surface area (Å²) in [6.07, 6.45) is 0.545. The van der Waals surface area contributed by atoms with Crippen LogP contribution in [0, 0.1) is 0 Å². The molecule has 8 heteroatoms. The summed E-state index contributed by atoms with van der Waals surface area (Å²) in [6, 6.07) is 11.5. The molecule has 0 fully saturated rings. The van der Waals surface area contributed by atoms with Gasteiger partial charge in [-0.3, -0.25) is 0 Å². The number of anilines is 1. The predicted molar refractivity (Wildman–Crippen MR) is 94.6 cm³/mol. The van der Waals surface area contributed by atoms with Gasteiger partial charge in [0.05, 0.1) is 18.0 Å². The second-order valence-corrected chi connectivity index (χ2v) is 5.95. The highest BCUT2D eigenvalue weighted by atomic mass is 16.7. The molecule has 26 heavy (non-hydrogen) atoms. The van der Waals surface area contributed by atoms with Crippen LogP contribution in [0.5, 0.6) is 17.2 Å². The molecule has 0 aliphatic carbocycles. The van der Waals surface area contributed by atoms with Gasteiger partial charge in [0.2, 0.25) is 12.7 Å². The van der Waals surface area contributed by atoms with E-state index in [0.717, 1.165) is 33.8 Å². The summed E-state index contributed by atoms with van der Waals surface area (Å²) in [7, 11) is 1.62. The van der Waals surface area contributed by atoms with Crippen LogP contribution in [-0.4, -0.2) is 33.5 Å². The van der Waals surface area contributed by atoms with Gasteiger partial charge in [-0.05, 0) is 29.8 Å². The van der Waals surface area contributed by atoms with Crippen molar-refractivity contribution in [1.82, 2.24) is 19.6 Å². The van der Waals surface area contributed by atoms with Gasteiger partial charge in [0.15, 0.2) is 17.1 Å². The lowest BCUT2D eigenvalue weighted by Gasteiger charge is -2.09. The first-order valence-corrected chi connectivity index (χ1v) is 8.09. The minimum Gasteiger partial charge on any atom is -0.496 e. The molecular weight excluding hydrogens is 334 g/mol. The Hall–Kier alpha value is -3.55. The Morgan fingerprint density at radius 3 is 2.92 bits per heavy atom. The molecule has 1 aliphatic rings. The lowest BCUT2D eigenvalue weighted by atomic mass is 10.1. The summed E-state index contributed by atoms with van der Waals surface area (Å²) >= 11 is 0. The molecule has 1 aliphatic heterocycles. The zero-order valence-electron chi connectivity index (χ0n) is 14.0. The smallest absolute Gasteiger partial charge is 0.240 e. The van der Waals surface area contributed by atoms with Crippen molar-refractivity contribution in [3.05, 3.63) is 47.8 Å². The molecule has 130 valence electrons. The number of hydrogen-bond donors (Lipinski definition) is 1. The maximum absolute atomic E-state index is 5.86. The molecule has 8 nitrogen and oxygen atoms in total. The highest BCUT2D eigenvalue weighted by Gasteiger charge is 2.18. The van der Waals surface area contributed by atoms with Gasteiger partial charge in [0.25, 0.3) is 0 Å². The summed E-state index contributed by atoms with van der Waals surface area (Å²) in [4.78, 5) is 9.14. The van der Waals surface area contributed by atoms with Crippen molar-refractivity contribution in [2.75, 3.05) is 19.6 Å². The molecule has 3 heterocycles. The van der Waals surface area contributed by atoms with E-state index in [0.29, 0.717) is 17.8 Å². The monoisotopic (exact) mass is 349 g/mol. The average molecular weight is 349 g/mol. The first-order chi connectivity index (χ1) is 12.7. The number of hydrogen-bond acceptors (Lipinski definition) is 7. The quantitative estimate of drug-likeness (QED) is 0.605. The number of aromatic nitrogens is 4. The van der Waals surface area contributed by atoms with Crippen LogP contribution in [0.4, 0.5) is 5.95 Å². The second kappa shape index (κ2) is 5.48. The zero-order valence-corrected chi connectivity index (χ0v) is 14.0. The molecule has 0 atom stereocenters. The van der Waals surface area contributed by atoms with E-state index in [-0.39, 0.29) is 12.7 Å². The van der Waals surface area contributed by atoms with E-state index < -0.39 is 0 Å². The third-order valence-corrected chi connectivity index (χ3v) is 4.36. The van der Waals surface area contributed by atoms with Crippen LogP contribution >= 0.6 is 0 Å². The molecule has 4 aromatic rings. The fourth-order valence-electron chi connectivity index (χ4n) is 3.21. The molecule has 0 unspecified atom stereocenters. The van der Waals surface area contributed by atoms with Gasteiger partial charge in [-0.2, -0.15) is 9.50 Å². The number of ether oxygens (including phenoxy) is 3. The number of rotatable bonds is 3. The van der Waals surface area contributed by atoms with Gasteiger partial charge in [-0.15, -0.1) is 5.10 Å². The average Bonchev–Trinajstić information content (AvgIpc) is 3.26. The van der Waals surface area contributed by atoms with Crippen molar-refractivity contribution in [3.63, 3.8) is 0 Å². The molecular formula is C18H15N5O3. The Labute approximate surface area is 148 Å². The molecule has 2 aromatic heterocycles. The standard InChI is InChI=1S/C18H15N5O3/c1-24-13-4-2-3-11-16(13)17-21-18(19)22-23(17)15(20-11)8-10-5-6-12-14(7-10)26-9-25-12/h2-7H,8-9H2,1H3,(H2,19,22). The number of benzene rings is 2. The molecule has 0 saturated heterocycles. The van der Waals surface area contributed by atoms with Crippen LogP contribution in [0.3, 0.4) is 0 Å². The lowest BCUT2D eigenvalue weighted by Crippen LogP contribution is -2.05. The van der Waals surface area contributed by atoms with E-state index in [4.69, 9.17) is 24.9 Å². The van der Waals surface area contributed by atoms with Gasteiger partial charge in [-0.25, -0.2) is 4.98 Å². The fourth-order valence-corrected chi connectivity index (χ4v) is 3.21. The first-order valence-electron chi connectivity index (χ1n) is 8.09. The lowest BCUT2D eigenvalue weighted by molar-refractivity contribution is 0.174. The Kier molecular flexibility index (Phi) is 3.11. The molecule has 2 aromatic carbocycles. The Morgan fingerprint density at radius 1 is 1.15 bits per heavy atom. The topological polar surface area (TPSA) is 96.8 Å². The highest BCUT2D eigenvalue weighted by molar-refractivity contribution is 5.96. The number of nitrogens with two attached hydrogens (primary N) is 1. The largest absolute Gasteiger partial charge is 0.496 e. The minimum atomic E-state index is 0.192.